The average Bonchev–Trinajstić information content (AvgIpc) is 2.11. The SMILES string of the molecule is CC(C)(C)OC(=O)NC(CC(N)C(C)(C)C)C(=O)O. The third-order valence-electron chi connectivity index (χ3n) is 2.59. The quantitative estimate of drug-likeness (QED) is 0.724. The summed E-state index contributed by atoms with van der Waals surface area (Å²) in [6.07, 6.45) is -0.598. The Morgan fingerprint density at radius 1 is 1.21 bits per heavy atom. The van der Waals surface area contributed by atoms with Gasteiger partial charge in [-0.1, -0.05) is 20.8 Å². The Morgan fingerprint density at radius 2 is 1.68 bits per heavy atom. The second-order valence-corrected chi connectivity index (χ2v) is 6.75. The van der Waals surface area contributed by atoms with Gasteiger partial charge in [-0.3, -0.25) is 0 Å². The molecule has 0 aromatic carbocycles. The number of nitrogens with two attached hydrogens (primary N) is 1. The highest BCUT2D eigenvalue weighted by Gasteiger charge is 2.30. The Labute approximate surface area is 114 Å². The summed E-state index contributed by atoms with van der Waals surface area (Å²) in [6, 6.07) is -1.40. The predicted molar refractivity (Wildman–Crippen MR) is 72.8 cm³/mol. The van der Waals surface area contributed by atoms with Gasteiger partial charge < -0.3 is 20.9 Å². The van der Waals surface area contributed by atoms with Gasteiger partial charge in [0.2, 0.25) is 0 Å². The summed E-state index contributed by atoms with van der Waals surface area (Å²) in [5.41, 5.74) is 5.04. The summed E-state index contributed by atoms with van der Waals surface area (Å²) in [5.74, 6) is -1.12. The monoisotopic (exact) mass is 274 g/mol. The van der Waals surface area contributed by atoms with Crippen molar-refractivity contribution >= 4 is 12.1 Å². The molecule has 0 fully saturated rings. The molecule has 0 bridgehead atoms. The number of rotatable bonds is 4. The van der Waals surface area contributed by atoms with Gasteiger partial charge in [0.05, 0.1) is 0 Å². The second-order valence-electron chi connectivity index (χ2n) is 6.75. The molecular formula is C13H26N2O4. The first-order valence-electron chi connectivity index (χ1n) is 6.31. The normalized spacial score (nSPS) is 15.5. The largest absolute Gasteiger partial charge is 0.480 e. The summed E-state index contributed by atoms with van der Waals surface area (Å²) in [7, 11) is 0. The number of hydrogen-bond donors (Lipinski definition) is 3. The number of aliphatic carboxylic acids is 1. The van der Waals surface area contributed by atoms with E-state index in [1.165, 1.54) is 0 Å². The number of hydrogen-bond acceptors (Lipinski definition) is 4. The zero-order chi connectivity index (χ0) is 15.4. The van der Waals surface area contributed by atoms with Gasteiger partial charge in [0.1, 0.15) is 11.6 Å². The number of carboxylic acid groups (broad SMARTS) is 1. The van der Waals surface area contributed by atoms with E-state index in [0.717, 1.165) is 0 Å². The van der Waals surface area contributed by atoms with E-state index in [1.807, 2.05) is 20.8 Å². The van der Waals surface area contributed by atoms with Crippen LogP contribution in [0.4, 0.5) is 4.79 Å². The first-order valence-corrected chi connectivity index (χ1v) is 6.31. The van der Waals surface area contributed by atoms with Gasteiger partial charge >= 0.3 is 12.1 Å². The third-order valence-corrected chi connectivity index (χ3v) is 2.59. The van der Waals surface area contributed by atoms with Gasteiger partial charge in [0.15, 0.2) is 0 Å². The topological polar surface area (TPSA) is 102 Å². The molecule has 112 valence electrons. The standard InChI is InChI=1S/C13H26N2O4/c1-12(2,3)9(14)7-8(10(16)17)15-11(18)19-13(4,5)6/h8-9H,7,14H2,1-6H3,(H,15,18)(H,16,17). The van der Waals surface area contributed by atoms with Crippen LogP contribution < -0.4 is 11.1 Å². The van der Waals surface area contributed by atoms with Crippen LogP contribution in [0.1, 0.15) is 48.0 Å². The zero-order valence-electron chi connectivity index (χ0n) is 12.6. The average molecular weight is 274 g/mol. The van der Waals surface area contributed by atoms with E-state index in [9.17, 15) is 9.59 Å². The molecule has 4 N–H and O–H groups in total. The van der Waals surface area contributed by atoms with Gasteiger partial charge in [-0.2, -0.15) is 0 Å². The van der Waals surface area contributed by atoms with Crippen molar-refractivity contribution in [3.05, 3.63) is 0 Å². The highest BCUT2D eigenvalue weighted by molar-refractivity contribution is 5.80. The Hall–Kier alpha value is -1.30. The maximum atomic E-state index is 11.6. The zero-order valence-corrected chi connectivity index (χ0v) is 12.6. The summed E-state index contributed by atoms with van der Waals surface area (Å²) >= 11 is 0. The molecule has 0 heterocycles. The lowest BCUT2D eigenvalue weighted by Gasteiger charge is -2.30. The van der Waals surface area contributed by atoms with E-state index in [0.29, 0.717) is 0 Å². The Balaban J connectivity index is 4.60. The maximum Gasteiger partial charge on any atom is 0.408 e. The third kappa shape index (κ3) is 7.66. The van der Waals surface area contributed by atoms with E-state index in [1.54, 1.807) is 20.8 Å². The molecule has 0 aliphatic heterocycles. The van der Waals surface area contributed by atoms with Crippen molar-refractivity contribution in [2.24, 2.45) is 11.1 Å². The molecule has 0 spiro atoms. The van der Waals surface area contributed by atoms with E-state index in [2.05, 4.69) is 5.32 Å². The fourth-order valence-electron chi connectivity index (χ4n) is 1.28. The molecule has 0 aromatic rings. The lowest BCUT2D eigenvalue weighted by molar-refractivity contribution is -0.139. The van der Waals surface area contributed by atoms with Crippen LogP contribution in [-0.2, 0) is 9.53 Å². The van der Waals surface area contributed by atoms with Crippen LogP contribution in [0.5, 0.6) is 0 Å². The molecule has 0 saturated carbocycles. The molecule has 0 rings (SSSR count). The van der Waals surface area contributed by atoms with E-state index < -0.39 is 23.7 Å². The summed E-state index contributed by atoms with van der Waals surface area (Å²) in [6.45, 7) is 10.9. The van der Waals surface area contributed by atoms with E-state index in [-0.39, 0.29) is 17.9 Å². The van der Waals surface area contributed by atoms with Crippen molar-refractivity contribution in [3.8, 4) is 0 Å². The Kier molecular flexibility index (Phi) is 5.81. The maximum absolute atomic E-state index is 11.6. The minimum atomic E-state index is -1.12. The van der Waals surface area contributed by atoms with Gasteiger partial charge in [-0.05, 0) is 32.6 Å². The lowest BCUT2D eigenvalue weighted by Crippen LogP contribution is -2.48. The first kappa shape index (κ1) is 17.7. The first-order chi connectivity index (χ1) is 8.33. The highest BCUT2D eigenvalue weighted by atomic mass is 16.6. The van der Waals surface area contributed by atoms with Crippen LogP contribution in [0.3, 0.4) is 0 Å². The van der Waals surface area contributed by atoms with Crippen molar-refractivity contribution in [2.45, 2.75) is 65.6 Å². The van der Waals surface area contributed by atoms with Crippen molar-refractivity contribution in [1.82, 2.24) is 5.32 Å². The van der Waals surface area contributed by atoms with E-state index in [4.69, 9.17) is 15.6 Å². The van der Waals surface area contributed by atoms with Crippen LogP contribution in [-0.4, -0.2) is 34.9 Å². The molecule has 0 aliphatic rings. The summed E-state index contributed by atoms with van der Waals surface area (Å²) in [4.78, 5) is 22.7. The number of carbonyl (C=O) groups excluding carboxylic acids is 1. The molecule has 19 heavy (non-hydrogen) atoms. The highest BCUT2D eigenvalue weighted by Crippen LogP contribution is 2.21. The Bertz CT molecular complexity index is 329. The predicted octanol–water partition coefficient (Wildman–Crippen LogP) is 1.73. The molecule has 6 heteroatoms. The Morgan fingerprint density at radius 3 is 2.00 bits per heavy atom. The molecule has 0 aromatic heterocycles. The fourth-order valence-corrected chi connectivity index (χ4v) is 1.28. The van der Waals surface area contributed by atoms with Crippen LogP contribution in [0.2, 0.25) is 0 Å². The van der Waals surface area contributed by atoms with Gasteiger partial charge in [0.25, 0.3) is 0 Å². The number of carbonyl (C=O) groups is 2. The van der Waals surface area contributed by atoms with Crippen molar-refractivity contribution < 1.29 is 19.4 Å². The fraction of sp³-hybridized carbons (Fsp3) is 0.846. The summed E-state index contributed by atoms with van der Waals surface area (Å²) in [5, 5.41) is 11.4. The van der Waals surface area contributed by atoms with Crippen LogP contribution in [0.25, 0.3) is 0 Å². The molecule has 0 radical (unpaired) electrons. The molecule has 0 saturated heterocycles. The lowest BCUT2D eigenvalue weighted by atomic mass is 9.84. The molecular weight excluding hydrogens is 248 g/mol. The molecule has 0 aliphatic carbocycles. The number of alkyl carbamates (subject to hydrolysis) is 1. The minimum Gasteiger partial charge on any atom is -0.480 e. The van der Waals surface area contributed by atoms with Crippen molar-refractivity contribution in [2.75, 3.05) is 0 Å². The van der Waals surface area contributed by atoms with Crippen LogP contribution >= 0.6 is 0 Å². The van der Waals surface area contributed by atoms with Crippen LogP contribution in [0.15, 0.2) is 0 Å². The minimum absolute atomic E-state index is 0.151. The number of amides is 1. The van der Waals surface area contributed by atoms with E-state index >= 15 is 0 Å². The number of ether oxygens (including phenoxy) is 1. The van der Waals surface area contributed by atoms with Crippen LogP contribution in [0, 0.1) is 5.41 Å². The van der Waals surface area contributed by atoms with Gasteiger partial charge in [0, 0.05) is 6.04 Å². The number of carboxylic acids is 1. The molecule has 6 nitrogen and oxygen atoms in total. The van der Waals surface area contributed by atoms with Crippen molar-refractivity contribution in [3.63, 3.8) is 0 Å². The smallest absolute Gasteiger partial charge is 0.408 e. The second kappa shape index (κ2) is 6.23. The van der Waals surface area contributed by atoms with Gasteiger partial charge in [-0.25, -0.2) is 9.59 Å². The summed E-state index contributed by atoms with van der Waals surface area (Å²) < 4.78 is 5.03. The van der Waals surface area contributed by atoms with Crippen molar-refractivity contribution in [1.29, 1.82) is 0 Å². The number of nitrogens with one attached hydrogen (secondary N) is 1. The molecule has 1 amide bonds. The van der Waals surface area contributed by atoms with Gasteiger partial charge in [-0.15, -0.1) is 0 Å². The molecule has 2 unspecified atom stereocenters. The molecule has 2 atom stereocenters.